The van der Waals surface area contributed by atoms with Crippen molar-refractivity contribution in [3.05, 3.63) is 94.5 Å². The summed E-state index contributed by atoms with van der Waals surface area (Å²) in [7, 11) is 0. The Labute approximate surface area is 173 Å². The van der Waals surface area contributed by atoms with Gasteiger partial charge in [0, 0.05) is 28.8 Å². The maximum atomic E-state index is 12.2. The minimum Gasteiger partial charge on any atom is -0.318 e. The Morgan fingerprint density at radius 1 is 1.07 bits per heavy atom. The van der Waals surface area contributed by atoms with E-state index in [4.69, 9.17) is 11.6 Å². The van der Waals surface area contributed by atoms with E-state index in [1.54, 1.807) is 18.3 Å². The van der Waals surface area contributed by atoms with Crippen molar-refractivity contribution in [1.29, 1.82) is 0 Å². The summed E-state index contributed by atoms with van der Waals surface area (Å²) in [5.41, 5.74) is 6.92. The summed E-state index contributed by atoms with van der Waals surface area (Å²) in [4.78, 5) is 16.1. The van der Waals surface area contributed by atoms with Crippen molar-refractivity contribution < 1.29 is 4.79 Å². The summed E-state index contributed by atoms with van der Waals surface area (Å²) in [6.45, 7) is 4.08. The molecule has 4 aromatic rings. The van der Waals surface area contributed by atoms with E-state index >= 15 is 0 Å². The molecule has 0 saturated heterocycles. The van der Waals surface area contributed by atoms with Crippen molar-refractivity contribution in [3.63, 3.8) is 0 Å². The first-order valence-corrected chi connectivity index (χ1v) is 9.54. The summed E-state index contributed by atoms with van der Waals surface area (Å²) < 4.78 is 2.17. The van der Waals surface area contributed by atoms with Crippen LogP contribution in [0.3, 0.4) is 0 Å². The largest absolute Gasteiger partial charge is 0.318 e. The number of carbonyl (C=O) groups is 1. The zero-order valence-electron chi connectivity index (χ0n) is 16.1. The van der Waals surface area contributed by atoms with Crippen LogP contribution in [-0.2, 0) is 0 Å². The van der Waals surface area contributed by atoms with Crippen LogP contribution in [0.2, 0.25) is 5.15 Å². The molecule has 0 bridgehead atoms. The van der Waals surface area contributed by atoms with Crippen molar-refractivity contribution in [3.8, 4) is 5.69 Å². The number of amides is 1. The van der Waals surface area contributed by atoms with Gasteiger partial charge in [-0.15, -0.1) is 0 Å². The lowest BCUT2D eigenvalue weighted by Gasteiger charge is -2.11. The molecule has 0 saturated carbocycles. The first-order chi connectivity index (χ1) is 14.0. The van der Waals surface area contributed by atoms with E-state index in [9.17, 15) is 4.79 Å². The van der Waals surface area contributed by atoms with Gasteiger partial charge >= 0.3 is 0 Å². The number of nitrogens with one attached hydrogen (secondary N) is 1. The number of halogens is 1. The van der Waals surface area contributed by atoms with Crippen molar-refractivity contribution in [2.24, 2.45) is 5.10 Å². The normalized spacial score (nSPS) is 11.3. The van der Waals surface area contributed by atoms with Gasteiger partial charge in [-0.3, -0.25) is 4.79 Å². The maximum Gasteiger partial charge on any atom is 0.274 e. The molecule has 144 valence electrons. The van der Waals surface area contributed by atoms with E-state index in [0.29, 0.717) is 0 Å². The molecule has 0 fully saturated rings. The highest BCUT2D eigenvalue weighted by molar-refractivity contribution is 6.32. The van der Waals surface area contributed by atoms with Gasteiger partial charge in [-0.1, -0.05) is 41.9 Å². The van der Waals surface area contributed by atoms with Gasteiger partial charge in [0.2, 0.25) is 0 Å². The third kappa shape index (κ3) is 3.77. The summed E-state index contributed by atoms with van der Waals surface area (Å²) in [5, 5.41) is 6.64. The monoisotopic (exact) mass is 402 g/mol. The summed E-state index contributed by atoms with van der Waals surface area (Å²) >= 11 is 5.95. The highest BCUT2D eigenvalue weighted by Crippen LogP contribution is 2.23. The fourth-order valence-electron chi connectivity index (χ4n) is 3.41. The minimum absolute atomic E-state index is 0.148. The van der Waals surface area contributed by atoms with Crippen LogP contribution in [0.15, 0.2) is 72.0 Å². The molecular formula is C23H19ClN4O. The Morgan fingerprint density at radius 3 is 2.66 bits per heavy atom. The standard InChI is InChI=1S/C23H19ClN4O/c1-15-12-19(14-26-27-23(29)21-8-5-11-25-22(21)24)16(2)28(15)20-10-9-17-6-3-4-7-18(17)13-20/h3-14H,1-2H3,(H,27,29). The quantitative estimate of drug-likeness (QED) is 0.294. The average molecular weight is 403 g/mol. The van der Waals surface area contributed by atoms with Crippen molar-refractivity contribution in [2.45, 2.75) is 13.8 Å². The van der Waals surface area contributed by atoms with Gasteiger partial charge in [-0.05, 0) is 55.0 Å². The van der Waals surface area contributed by atoms with Gasteiger partial charge in [0.15, 0.2) is 0 Å². The minimum atomic E-state index is -0.400. The Hall–Kier alpha value is -3.44. The van der Waals surface area contributed by atoms with Crippen LogP contribution in [0, 0.1) is 13.8 Å². The summed E-state index contributed by atoms with van der Waals surface area (Å²) in [6.07, 6.45) is 3.17. The van der Waals surface area contributed by atoms with Crippen LogP contribution in [0.5, 0.6) is 0 Å². The molecule has 4 rings (SSSR count). The number of aryl methyl sites for hydroxylation is 1. The molecule has 0 aliphatic rings. The highest BCUT2D eigenvalue weighted by Gasteiger charge is 2.11. The van der Waals surface area contributed by atoms with E-state index in [1.165, 1.54) is 17.0 Å². The highest BCUT2D eigenvalue weighted by atomic mass is 35.5. The molecule has 0 aliphatic carbocycles. The number of carbonyl (C=O) groups excluding carboxylic acids is 1. The zero-order chi connectivity index (χ0) is 20.4. The molecule has 0 atom stereocenters. The molecule has 5 nitrogen and oxygen atoms in total. The van der Waals surface area contributed by atoms with E-state index in [0.717, 1.165) is 22.6 Å². The molecule has 29 heavy (non-hydrogen) atoms. The summed E-state index contributed by atoms with van der Waals surface area (Å²) in [6, 6.07) is 20.0. The lowest BCUT2D eigenvalue weighted by atomic mass is 10.1. The third-order valence-corrected chi connectivity index (χ3v) is 5.14. The lowest BCUT2D eigenvalue weighted by molar-refractivity contribution is 0.0955. The number of fused-ring (bicyclic) bond motifs is 1. The third-order valence-electron chi connectivity index (χ3n) is 4.83. The van der Waals surface area contributed by atoms with Gasteiger partial charge in [0.05, 0.1) is 11.8 Å². The fraction of sp³-hybridized carbons (Fsp3) is 0.0870. The number of hydrazone groups is 1. The van der Waals surface area contributed by atoms with Crippen LogP contribution >= 0.6 is 11.6 Å². The molecular weight excluding hydrogens is 384 g/mol. The number of aromatic nitrogens is 2. The van der Waals surface area contributed by atoms with E-state index < -0.39 is 5.91 Å². The molecule has 0 unspecified atom stereocenters. The van der Waals surface area contributed by atoms with Crippen LogP contribution in [0.1, 0.15) is 27.3 Å². The van der Waals surface area contributed by atoms with Gasteiger partial charge < -0.3 is 4.57 Å². The molecule has 6 heteroatoms. The van der Waals surface area contributed by atoms with Crippen LogP contribution in [0.25, 0.3) is 16.5 Å². The molecule has 2 heterocycles. The Morgan fingerprint density at radius 2 is 1.86 bits per heavy atom. The second-order valence-electron chi connectivity index (χ2n) is 6.73. The summed E-state index contributed by atoms with van der Waals surface area (Å²) in [5.74, 6) is -0.400. The van der Waals surface area contributed by atoms with Crippen LogP contribution in [0.4, 0.5) is 0 Å². The molecule has 0 spiro atoms. The van der Waals surface area contributed by atoms with E-state index in [2.05, 4.69) is 50.4 Å². The van der Waals surface area contributed by atoms with Gasteiger partial charge in [0.1, 0.15) is 5.15 Å². The van der Waals surface area contributed by atoms with E-state index in [-0.39, 0.29) is 10.7 Å². The average Bonchev–Trinajstić information content (AvgIpc) is 3.01. The Kier molecular flexibility index (Phi) is 5.14. The maximum absolute atomic E-state index is 12.2. The second-order valence-corrected chi connectivity index (χ2v) is 7.09. The number of pyridine rings is 1. The molecule has 1 N–H and O–H groups in total. The molecule has 0 radical (unpaired) electrons. The zero-order valence-corrected chi connectivity index (χ0v) is 16.8. The number of rotatable bonds is 4. The molecule has 2 aromatic heterocycles. The lowest BCUT2D eigenvalue weighted by Crippen LogP contribution is -2.18. The molecule has 0 aliphatic heterocycles. The predicted octanol–water partition coefficient (Wildman–Crippen LogP) is 5.06. The first kappa shape index (κ1) is 18.9. The van der Waals surface area contributed by atoms with Gasteiger partial charge in [0.25, 0.3) is 5.91 Å². The van der Waals surface area contributed by atoms with Crippen molar-refractivity contribution >= 4 is 34.5 Å². The number of nitrogens with zero attached hydrogens (tertiary/aromatic N) is 3. The van der Waals surface area contributed by atoms with Crippen molar-refractivity contribution in [1.82, 2.24) is 15.0 Å². The number of benzene rings is 2. The second kappa shape index (κ2) is 7.89. The van der Waals surface area contributed by atoms with Gasteiger partial charge in [-0.2, -0.15) is 5.10 Å². The number of hydrogen-bond donors (Lipinski definition) is 1. The fourth-order valence-corrected chi connectivity index (χ4v) is 3.61. The van der Waals surface area contributed by atoms with E-state index in [1.807, 2.05) is 32.0 Å². The topological polar surface area (TPSA) is 59.3 Å². The predicted molar refractivity (Wildman–Crippen MR) is 117 cm³/mol. The van der Waals surface area contributed by atoms with Gasteiger partial charge in [-0.25, -0.2) is 10.4 Å². The number of hydrogen-bond acceptors (Lipinski definition) is 3. The van der Waals surface area contributed by atoms with Crippen LogP contribution < -0.4 is 5.43 Å². The SMILES string of the molecule is Cc1cc(C=NNC(=O)c2cccnc2Cl)c(C)n1-c1ccc2ccccc2c1. The first-order valence-electron chi connectivity index (χ1n) is 9.16. The molecule has 1 amide bonds. The Bertz CT molecular complexity index is 1240. The van der Waals surface area contributed by atoms with Crippen molar-refractivity contribution in [2.75, 3.05) is 0 Å². The molecule has 2 aromatic carbocycles. The Balaban J connectivity index is 1.59. The smallest absolute Gasteiger partial charge is 0.274 e. The van der Waals surface area contributed by atoms with Crippen LogP contribution in [-0.4, -0.2) is 21.7 Å².